The Morgan fingerprint density at radius 1 is 0.620 bits per heavy atom. The first-order valence-electron chi connectivity index (χ1n) is 18.0. The molecule has 3 aromatic carbocycles. The van der Waals surface area contributed by atoms with Crippen LogP contribution in [0.3, 0.4) is 0 Å². The van der Waals surface area contributed by atoms with Crippen LogP contribution in [0.15, 0.2) is 95.1 Å². The smallest absolute Gasteiger partial charge is 0.181 e. The molecule has 4 heterocycles. The summed E-state index contributed by atoms with van der Waals surface area (Å²) < 4.78 is 4.75. The highest BCUT2D eigenvalue weighted by atomic mass is 15.4. The van der Waals surface area contributed by atoms with E-state index >= 15 is 0 Å². The Labute approximate surface area is 298 Å². The SMILES string of the molecule is CCN1/C(=N/N=C2\Cc3ccccc3N2Cc2ccc(C[n+]3c(C)cc(Cc4cc(C)[n+](C)c(C)c4C)c(C)c3C)cc2)Cc2ccccc21. The molecule has 0 saturated heterocycles. The van der Waals surface area contributed by atoms with E-state index < -0.39 is 0 Å². The Kier molecular flexibility index (Phi) is 9.13. The normalized spacial score (nSPS) is 15.4. The van der Waals surface area contributed by atoms with Gasteiger partial charge in [-0.25, -0.2) is 4.57 Å². The van der Waals surface area contributed by atoms with Gasteiger partial charge < -0.3 is 9.80 Å². The van der Waals surface area contributed by atoms with Crippen LogP contribution in [-0.4, -0.2) is 18.2 Å². The molecule has 0 bridgehead atoms. The zero-order valence-electron chi connectivity index (χ0n) is 31.0. The quantitative estimate of drug-likeness (QED) is 0.127. The van der Waals surface area contributed by atoms with Crippen LogP contribution < -0.4 is 18.9 Å². The molecule has 254 valence electrons. The molecule has 0 fully saturated rings. The van der Waals surface area contributed by atoms with Gasteiger partial charge in [-0.1, -0.05) is 60.7 Å². The summed E-state index contributed by atoms with van der Waals surface area (Å²) in [5.74, 6) is 2.01. The standard InChI is InChI=1S/C44H50N6/c1-9-48-41-16-12-10-14-37(41)25-43(48)45-46-44-26-38-15-11-13-17-42(38)50(44)28-36-20-18-35(19-21-36)27-49-30(3)23-40(32(5)34(49)7)24-39-22-29(2)47(8)33(6)31(39)4/h10-23H,9,24-28H2,1-8H3/q+2/b45-43+,46-44+. The van der Waals surface area contributed by atoms with Crippen LogP contribution in [-0.2, 0) is 39.4 Å². The molecule has 6 nitrogen and oxygen atoms in total. The number of fused-ring (bicyclic) bond motifs is 2. The van der Waals surface area contributed by atoms with E-state index in [0.29, 0.717) is 0 Å². The second-order valence-electron chi connectivity index (χ2n) is 14.2. The van der Waals surface area contributed by atoms with Gasteiger partial charge in [0, 0.05) is 93.8 Å². The fourth-order valence-electron chi connectivity index (χ4n) is 7.75. The number of nitrogens with zero attached hydrogens (tertiary/aromatic N) is 6. The molecule has 2 aliphatic rings. The molecule has 6 heteroatoms. The van der Waals surface area contributed by atoms with E-state index in [0.717, 1.165) is 50.6 Å². The van der Waals surface area contributed by atoms with Gasteiger partial charge in [-0.05, 0) is 67.1 Å². The summed E-state index contributed by atoms with van der Waals surface area (Å²) in [7, 11) is 2.16. The topological polar surface area (TPSA) is 39.0 Å². The molecule has 2 aromatic heterocycles. The van der Waals surface area contributed by atoms with Crippen molar-refractivity contribution in [3.8, 4) is 0 Å². The summed E-state index contributed by atoms with van der Waals surface area (Å²) in [5.41, 5.74) is 18.5. The second kappa shape index (κ2) is 13.7. The van der Waals surface area contributed by atoms with E-state index in [4.69, 9.17) is 10.2 Å². The van der Waals surface area contributed by atoms with Crippen LogP contribution in [0.1, 0.15) is 74.2 Å². The minimum absolute atomic E-state index is 0.758. The van der Waals surface area contributed by atoms with Crippen molar-refractivity contribution < 1.29 is 9.13 Å². The monoisotopic (exact) mass is 662 g/mol. The van der Waals surface area contributed by atoms with Gasteiger partial charge in [-0.3, -0.25) is 0 Å². The number of benzene rings is 3. The summed E-state index contributed by atoms with van der Waals surface area (Å²) in [6, 6.07) is 31.1. The molecule has 0 N–H and O–H groups in total. The van der Waals surface area contributed by atoms with Gasteiger partial charge in [0.1, 0.15) is 18.7 Å². The van der Waals surface area contributed by atoms with Gasteiger partial charge in [0.05, 0.1) is 0 Å². The molecule has 0 atom stereocenters. The zero-order chi connectivity index (χ0) is 35.1. The Morgan fingerprint density at radius 2 is 1.14 bits per heavy atom. The average Bonchev–Trinajstić information content (AvgIpc) is 3.67. The van der Waals surface area contributed by atoms with Crippen LogP contribution in [0.4, 0.5) is 11.4 Å². The maximum absolute atomic E-state index is 4.91. The summed E-state index contributed by atoms with van der Waals surface area (Å²) in [4.78, 5) is 4.63. The summed E-state index contributed by atoms with van der Waals surface area (Å²) in [6.07, 6.45) is 2.56. The molecular formula is C44H50N6+2. The lowest BCUT2D eigenvalue weighted by atomic mass is 9.95. The maximum atomic E-state index is 4.91. The lowest BCUT2D eigenvalue weighted by molar-refractivity contribution is -0.700. The third kappa shape index (κ3) is 6.24. The molecule has 2 aliphatic heterocycles. The number of anilines is 2. The number of hydrogen-bond acceptors (Lipinski definition) is 2. The number of pyridine rings is 2. The van der Waals surface area contributed by atoms with E-state index in [1.165, 1.54) is 78.7 Å². The first-order valence-corrected chi connectivity index (χ1v) is 18.0. The molecule has 0 unspecified atom stereocenters. The van der Waals surface area contributed by atoms with Crippen molar-refractivity contribution in [3.63, 3.8) is 0 Å². The first-order chi connectivity index (χ1) is 24.1. The van der Waals surface area contributed by atoms with Crippen LogP contribution >= 0.6 is 0 Å². The Morgan fingerprint density at radius 3 is 1.76 bits per heavy atom. The van der Waals surface area contributed by atoms with E-state index in [-0.39, 0.29) is 0 Å². The van der Waals surface area contributed by atoms with E-state index in [1.807, 2.05) is 0 Å². The molecule has 50 heavy (non-hydrogen) atoms. The Hall–Kier alpha value is -5.10. The van der Waals surface area contributed by atoms with Gasteiger partial charge in [0.2, 0.25) is 0 Å². The maximum Gasteiger partial charge on any atom is 0.181 e. The van der Waals surface area contributed by atoms with Gasteiger partial charge >= 0.3 is 0 Å². The van der Waals surface area contributed by atoms with Crippen molar-refractivity contribution in [3.05, 3.63) is 152 Å². The highest BCUT2D eigenvalue weighted by molar-refractivity contribution is 6.07. The fourth-order valence-corrected chi connectivity index (χ4v) is 7.75. The molecular weight excluding hydrogens is 613 g/mol. The molecule has 0 radical (unpaired) electrons. The first kappa shape index (κ1) is 33.4. The number of hydrogen-bond donors (Lipinski definition) is 0. The van der Waals surface area contributed by atoms with Crippen LogP contribution in [0.5, 0.6) is 0 Å². The van der Waals surface area contributed by atoms with Gasteiger partial charge in [0.25, 0.3) is 0 Å². The number of likely N-dealkylation sites (N-methyl/N-ethyl adjacent to an activating group) is 1. The van der Waals surface area contributed by atoms with Crippen molar-refractivity contribution in [1.29, 1.82) is 0 Å². The molecule has 0 aliphatic carbocycles. The number of aromatic nitrogens is 2. The minimum atomic E-state index is 0.758. The second-order valence-corrected chi connectivity index (χ2v) is 14.2. The Bertz CT molecular complexity index is 2160. The lowest BCUT2D eigenvalue weighted by Crippen LogP contribution is -2.42. The van der Waals surface area contributed by atoms with Crippen molar-refractivity contribution in [1.82, 2.24) is 0 Å². The van der Waals surface area contributed by atoms with Crippen molar-refractivity contribution in [2.24, 2.45) is 17.3 Å². The number of rotatable bonds is 8. The fraction of sp³-hybridized carbons (Fsp3) is 0.318. The number of aryl methyl sites for hydroxylation is 2. The molecule has 0 amide bonds. The minimum Gasteiger partial charge on any atom is -0.328 e. The summed E-state index contributed by atoms with van der Waals surface area (Å²) in [6.45, 7) is 18.1. The van der Waals surface area contributed by atoms with E-state index in [1.54, 1.807) is 0 Å². The van der Waals surface area contributed by atoms with Gasteiger partial charge in [-0.2, -0.15) is 4.57 Å². The largest absolute Gasteiger partial charge is 0.328 e. The molecule has 5 aromatic rings. The van der Waals surface area contributed by atoms with Gasteiger partial charge in [0.15, 0.2) is 29.3 Å². The van der Waals surface area contributed by atoms with Gasteiger partial charge in [-0.15, -0.1) is 10.2 Å². The third-order valence-corrected chi connectivity index (χ3v) is 11.2. The number of para-hydroxylation sites is 2. The summed E-state index contributed by atoms with van der Waals surface area (Å²) >= 11 is 0. The van der Waals surface area contributed by atoms with Crippen LogP contribution in [0, 0.1) is 41.5 Å². The number of amidine groups is 2. The highest BCUT2D eigenvalue weighted by Crippen LogP contribution is 2.32. The van der Waals surface area contributed by atoms with E-state index in [2.05, 4.69) is 159 Å². The average molecular weight is 663 g/mol. The summed E-state index contributed by atoms with van der Waals surface area (Å²) in [5, 5.41) is 9.78. The van der Waals surface area contributed by atoms with E-state index in [9.17, 15) is 0 Å². The molecule has 0 saturated carbocycles. The third-order valence-electron chi connectivity index (χ3n) is 11.2. The van der Waals surface area contributed by atoms with Crippen LogP contribution in [0.25, 0.3) is 0 Å². The predicted molar refractivity (Wildman–Crippen MR) is 205 cm³/mol. The van der Waals surface area contributed by atoms with Crippen molar-refractivity contribution in [2.45, 2.75) is 80.8 Å². The van der Waals surface area contributed by atoms with Crippen LogP contribution in [0.2, 0.25) is 0 Å². The Balaban J connectivity index is 1.10. The lowest BCUT2D eigenvalue weighted by Gasteiger charge is -2.21. The zero-order valence-corrected chi connectivity index (χ0v) is 31.0. The highest BCUT2D eigenvalue weighted by Gasteiger charge is 2.28. The van der Waals surface area contributed by atoms with Crippen molar-refractivity contribution in [2.75, 3.05) is 16.3 Å². The predicted octanol–water partition coefficient (Wildman–Crippen LogP) is 7.65. The molecule has 0 spiro atoms. The molecule has 7 rings (SSSR count). The van der Waals surface area contributed by atoms with Crippen molar-refractivity contribution >= 4 is 23.0 Å².